The van der Waals surface area contributed by atoms with Crippen molar-refractivity contribution in [2.24, 2.45) is 0 Å². The van der Waals surface area contributed by atoms with Gasteiger partial charge in [0.1, 0.15) is 17.5 Å². The molecular weight excluding hydrogens is 332 g/mol. The van der Waals surface area contributed by atoms with Gasteiger partial charge in [0.2, 0.25) is 13.4 Å². The highest BCUT2D eigenvalue weighted by Gasteiger charge is 2.16. The van der Waals surface area contributed by atoms with E-state index in [9.17, 15) is 35.1 Å². The Balaban J connectivity index is -0.000000301. The van der Waals surface area contributed by atoms with Gasteiger partial charge in [-0.15, -0.1) is 0 Å². The zero-order valence-electron chi connectivity index (χ0n) is 13.7. The maximum Gasteiger partial charge on any atom is 0.235 e. The van der Waals surface area contributed by atoms with E-state index in [1.807, 2.05) is 0 Å². The van der Waals surface area contributed by atoms with Crippen LogP contribution in [0.25, 0.3) is 0 Å². The zero-order chi connectivity index (χ0) is 19.2. The first kappa shape index (κ1) is 26.6. The summed E-state index contributed by atoms with van der Waals surface area (Å²) >= 11 is 0. The Morgan fingerprint density at radius 1 is 0.739 bits per heavy atom. The lowest BCUT2D eigenvalue weighted by atomic mass is 10.1. The highest BCUT2D eigenvalue weighted by Crippen LogP contribution is 2.22. The van der Waals surface area contributed by atoms with E-state index in [1.165, 1.54) is 20.8 Å². The molecule has 138 valence electrons. The fourth-order valence-electron chi connectivity index (χ4n) is 1.13. The van der Waals surface area contributed by atoms with E-state index in [0.717, 1.165) is 6.92 Å². The molecule has 0 heterocycles. The maximum absolute atomic E-state index is 13.0. The van der Waals surface area contributed by atoms with Crippen molar-refractivity contribution in [1.82, 2.24) is 0 Å². The Bertz CT molecular complexity index is 309. The molecule has 0 spiro atoms. The Morgan fingerprint density at radius 2 is 0.870 bits per heavy atom. The van der Waals surface area contributed by atoms with Crippen LogP contribution in [0.1, 0.15) is 37.0 Å². The van der Waals surface area contributed by atoms with Crippen LogP contribution in [0.5, 0.6) is 0 Å². The van der Waals surface area contributed by atoms with Crippen LogP contribution in [0.3, 0.4) is 0 Å². The molecule has 1 rings (SSSR count). The van der Waals surface area contributed by atoms with Gasteiger partial charge in [-0.1, -0.05) is 6.92 Å². The Morgan fingerprint density at radius 3 is 0.957 bits per heavy atom. The standard InChI is InChI=1S/C9H9F3.C3H7F.C2H4F2.CH2F2/c1-4-7(10)5(2)9(12)6(3)8(4)11;1-2-3-4;1-2(3)4;2-1-3/h1-3H3;2-3H2,1H3;2H,1H3;1H2. The summed E-state index contributed by atoms with van der Waals surface area (Å²) in [7, 11) is 0. The van der Waals surface area contributed by atoms with Gasteiger partial charge in [-0.2, -0.15) is 0 Å². The van der Waals surface area contributed by atoms with Gasteiger partial charge < -0.3 is 0 Å². The predicted molar refractivity (Wildman–Crippen MR) is 75.6 cm³/mol. The molecule has 8 heteroatoms. The molecule has 0 atom stereocenters. The lowest BCUT2D eigenvalue weighted by molar-refractivity contribution is 0.171. The average molecular weight is 354 g/mol. The van der Waals surface area contributed by atoms with Crippen LogP contribution < -0.4 is 0 Å². The first-order chi connectivity index (χ1) is 10.5. The summed E-state index contributed by atoms with van der Waals surface area (Å²) in [5.41, 5.74) is -0.357. The third kappa shape index (κ3) is 12.9. The van der Waals surface area contributed by atoms with Crippen molar-refractivity contribution < 1.29 is 35.1 Å². The molecule has 0 radical (unpaired) electrons. The summed E-state index contributed by atoms with van der Waals surface area (Å²) < 4.78 is 89.5. The molecule has 1 aromatic carbocycles. The fourth-order valence-corrected chi connectivity index (χ4v) is 1.13. The number of hydrogen-bond donors (Lipinski definition) is 0. The lowest BCUT2D eigenvalue weighted by Crippen LogP contribution is -2.01. The first-order valence-corrected chi connectivity index (χ1v) is 6.59. The van der Waals surface area contributed by atoms with Gasteiger partial charge in [-0.3, -0.25) is 4.39 Å². The van der Waals surface area contributed by atoms with Gasteiger partial charge >= 0.3 is 0 Å². The molecule has 0 bridgehead atoms. The highest BCUT2D eigenvalue weighted by molar-refractivity contribution is 5.33. The van der Waals surface area contributed by atoms with Crippen molar-refractivity contribution in [1.29, 1.82) is 0 Å². The molecule has 0 aliphatic carbocycles. The molecule has 0 unspecified atom stereocenters. The summed E-state index contributed by atoms with van der Waals surface area (Å²) in [6.07, 6.45) is -1.51. The van der Waals surface area contributed by atoms with Crippen molar-refractivity contribution in [2.75, 3.05) is 13.6 Å². The topological polar surface area (TPSA) is 0 Å². The van der Waals surface area contributed by atoms with E-state index in [-0.39, 0.29) is 23.4 Å². The minimum atomic E-state index is -2.17. The minimum Gasteiger partial charge on any atom is -0.251 e. The molecular formula is C15H22F8. The van der Waals surface area contributed by atoms with E-state index in [0.29, 0.717) is 6.42 Å². The van der Waals surface area contributed by atoms with E-state index in [4.69, 9.17) is 0 Å². The SMILES string of the molecule is CC(F)F.CCCF.Cc1c(F)c(C)c(F)c(C)c1F.FCF. The van der Waals surface area contributed by atoms with E-state index >= 15 is 0 Å². The summed E-state index contributed by atoms with van der Waals surface area (Å²) in [5.74, 6) is -2.39. The molecule has 0 aliphatic heterocycles. The second-order valence-electron chi connectivity index (χ2n) is 4.13. The molecule has 0 nitrogen and oxygen atoms in total. The molecule has 0 amide bonds. The number of hydrogen-bond acceptors (Lipinski definition) is 0. The molecule has 1 aromatic rings. The van der Waals surface area contributed by atoms with Gasteiger partial charge in [0.15, 0.2) is 0 Å². The van der Waals surface area contributed by atoms with Crippen molar-refractivity contribution in [3.8, 4) is 0 Å². The average Bonchev–Trinajstić information content (AvgIpc) is 2.49. The Labute approximate surface area is 131 Å². The second-order valence-corrected chi connectivity index (χ2v) is 4.13. The summed E-state index contributed by atoms with van der Waals surface area (Å²) in [5, 5.41) is 0. The number of halogens is 8. The zero-order valence-corrected chi connectivity index (χ0v) is 13.7. The van der Waals surface area contributed by atoms with E-state index in [1.54, 1.807) is 6.92 Å². The Hall–Kier alpha value is -1.34. The van der Waals surface area contributed by atoms with Crippen molar-refractivity contribution in [3.63, 3.8) is 0 Å². The maximum atomic E-state index is 13.0. The highest BCUT2D eigenvalue weighted by atomic mass is 19.3. The van der Waals surface area contributed by atoms with Crippen LogP contribution >= 0.6 is 0 Å². The lowest BCUT2D eigenvalue weighted by Gasteiger charge is -2.07. The van der Waals surface area contributed by atoms with Crippen molar-refractivity contribution in [3.05, 3.63) is 34.1 Å². The van der Waals surface area contributed by atoms with Crippen LogP contribution in [0.15, 0.2) is 0 Å². The third-order valence-electron chi connectivity index (χ3n) is 2.16. The van der Waals surface area contributed by atoms with Gasteiger partial charge in [-0.05, 0) is 34.1 Å². The van der Waals surface area contributed by atoms with Gasteiger partial charge in [0.05, 0.1) is 6.67 Å². The monoisotopic (exact) mass is 354 g/mol. The number of benzene rings is 1. The summed E-state index contributed by atoms with van der Waals surface area (Å²) in [6, 6.07) is 0. The molecule has 0 saturated carbocycles. The van der Waals surface area contributed by atoms with Crippen molar-refractivity contribution in [2.45, 2.75) is 47.5 Å². The fraction of sp³-hybridized carbons (Fsp3) is 0.600. The largest absolute Gasteiger partial charge is 0.251 e. The van der Waals surface area contributed by atoms with Crippen LogP contribution in [0, 0.1) is 38.2 Å². The Kier molecular flexibility index (Phi) is 18.0. The third-order valence-corrected chi connectivity index (χ3v) is 2.16. The van der Waals surface area contributed by atoms with E-state index in [2.05, 4.69) is 0 Å². The van der Waals surface area contributed by atoms with Gasteiger partial charge in [0, 0.05) is 16.7 Å². The second kappa shape index (κ2) is 15.6. The van der Waals surface area contributed by atoms with Crippen LogP contribution in [-0.4, -0.2) is 20.0 Å². The molecule has 0 N–H and O–H groups in total. The van der Waals surface area contributed by atoms with Crippen molar-refractivity contribution >= 4 is 0 Å². The number of rotatable bonds is 1. The van der Waals surface area contributed by atoms with Crippen LogP contribution in [-0.2, 0) is 0 Å². The quantitative estimate of drug-likeness (QED) is 0.502. The number of alkyl halides is 5. The molecule has 0 saturated heterocycles. The first-order valence-electron chi connectivity index (χ1n) is 6.59. The molecule has 0 fully saturated rings. The minimum absolute atomic E-state index is 0.119. The normalized spacial score (nSPS) is 9.13. The predicted octanol–water partition coefficient (Wildman–Crippen LogP) is 6.55. The van der Waals surface area contributed by atoms with Crippen LogP contribution in [0.2, 0.25) is 0 Å². The van der Waals surface area contributed by atoms with E-state index < -0.39 is 30.8 Å². The smallest absolute Gasteiger partial charge is 0.235 e. The summed E-state index contributed by atoms with van der Waals surface area (Å²) in [4.78, 5) is 0. The summed E-state index contributed by atoms with van der Waals surface area (Å²) in [6.45, 7) is 4.60. The molecule has 23 heavy (non-hydrogen) atoms. The van der Waals surface area contributed by atoms with Gasteiger partial charge in [0.25, 0.3) is 0 Å². The van der Waals surface area contributed by atoms with Gasteiger partial charge in [-0.25, -0.2) is 30.7 Å². The molecule has 0 aliphatic rings. The molecule has 0 aromatic heterocycles. The van der Waals surface area contributed by atoms with Crippen LogP contribution in [0.4, 0.5) is 35.1 Å².